The molecule has 1 aromatic heterocycles. The van der Waals surface area contributed by atoms with Gasteiger partial charge >= 0.3 is 11.7 Å². The zero-order valence-electron chi connectivity index (χ0n) is 22.9. The number of ether oxygens (including phenoxy) is 1. The number of anilines is 2. The highest BCUT2D eigenvalue weighted by Gasteiger charge is 2.25. The van der Waals surface area contributed by atoms with Crippen LogP contribution in [0.1, 0.15) is 88.6 Å². The average Bonchev–Trinajstić information content (AvgIpc) is 2.90. The van der Waals surface area contributed by atoms with E-state index in [-0.39, 0.29) is 36.7 Å². The molecule has 1 atom stereocenters. The van der Waals surface area contributed by atoms with E-state index in [1.54, 1.807) is 12.1 Å². The van der Waals surface area contributed by atoms with Crippen molar-refractivity contribution in [2.45, 2.75) is 91.7 Å². The zero-order valence-corrected chi connectivity index (χ0v) is 22.9. The summed E-state index contributed by atoms with van der Waals surface area (Å²) in [4.78, 5) is 66.9. The molecule has 0 radical (unpaired) electrons. The van der Waals surface area contributed by atoms with Crippen molar-refractivity contribution in [3.05, 3.63) is 56.2 Å². The fourth-order valence-corrected chi connectivity index (χ4v) is 4.05. The van der Waals surface area contributed by atoms with Crippen LogP contribution in [0.25, 0.3) is 0 Å². The minimum Gasteiger partial charge on any atom is -0.454 e. The molecule has 10 heteroatoms. The molecular weight excluding hydrogens is 488 g/mol. The van der Waals surface area contributed by atoms with Gasteiger partial charge in [0.25, 0.3) is 5.56 Å². The number of nitrogen functional groups attached to an aromatic ring is 1. The third kappa shape index (κ3) is 8.16. The number of unbranched alkanes of at least 4 members (excludes halogenated alkanes) is 3. The molecule has 0 spiro atoms. The number of nitrogens with zero attached hydrogens (tertiary/aromatic N) is 2. The minimum absolute atomic E-state index is 0.0760. The Balaban J connectivity index is 2.14. The van der Waals surface area contributed by atoms with Crippen LogP contribution in [-0.2, 0) is 27.3 Å². The first kappa shape index (κ1) is 30.5. The van der Waals surface area contributed by atoms with Gasteiger partial charge in [-0.2, -0.15) is 0 Å². The number of aromatic amines is 1. The lowest BCUT2D eigenvalue weighted by molar-refractivity contribution is -0.147. The number of nitrogens with one attached hydrogen (secondary N) is 1. The second-order valence-electron chi connectivity index (χ2n) is 9.30. The molecule has 2 rings (SSSR count). The van der Waals surface area contributed by atoms with Gasteiger partial charge in [-0.3, -0.25) is 28.7 Å². The number of rotatable bonds is 15. The monoisotopic (exact) mass is 528 g/mol. The molecular formula is C28H40N4O6. The van der Waals surface area contributed by atoms with Crippen molar-refractivity contribution < 1.29 is 19.1 Å². The molecule has 1 amide bonds. The molecule has 3 N–H and O–H groups in total. The van der Waals surface area contributed by atoms with E-state index in [9.17, 15) is 24.0 Å². The van der Waals surface area contributed by atoms with E-state index in [2.05, 4.69) is 4.98 Å². The Morgan fingerprint density at radius 1 is 1.00 bits per heavy atom. The number of aryl methyl sites for hydroxylation is 1. The van der Waals surface area contributed by atoms with Crippen LogP contribution in [0.2, 0.25) is 0 Å². The summed E-state index contributed by atoms with van der Waals surface area (Å²) in [6.07, 6.45) is 3.12. The number of amides is 1. The number of nitrogens with two attached hydrogens (primary N) is 1. The summed E-state index contributed by atoms with van der Waals surface area (Å²) >= 11 is 0. The number of aromatic nitrogens is 2. The largest absolute Gasteiger partial charge is 0.454 e. The molecule has 10 nitrogen and oxygen atoms in total. The van der Waals surface area contributed by atoms with Crippen LogP contribution in [0, 0.1) is 0 Å². The van der Waals surface area contributed by atoms with Gasteiger partial charge in [0.05, 0.1) is 6.42 Å². The van der Waals surface area contributed by atoms with Crippen LogP contribution < -0.4 is 21.9 Å². The van der Waals surface area contributed by atoms with Crippen LogP contribution >= 0.6 is 0 Å². The maximum Gasteiger partial charge on any atom is 0.330 e. The molecule has 0 aliphatic rings. The molecule has 1 aromatic carbocycles. The molecule has 38 heavy (non-hydrogen) atoms. The molecule has 0 saturated carbocycles. The van der Waals surface area contributed by atoms with Crippen molar-refractivity contribution in [3.63, 3.8) is 0 Å². The van der Waals surface area contributed by atoms with Crippen LogP contribution in [0.15, 0.2) is 33.9 Å². The fraction of sp³-hybridized carbons (Fsp3) is 0.536. The topological polar surface area (TPSA) is 145 Å². The van der Waals surface area contributed by atoms with Crippen LogP contribution in [0.5, 0.6) is 0 Å². The van der Waals surface area contributed by atoms with E-state index in [1.165, 1.54) is 16.4 Å². The number of carbonyl (C=O) groups is 3. The first-order valence-electron chi connectivity index (χ1n) is 13.4. The van der Waals surface area contributed by atoms with Gasteiger partial charge in [-0.1, -0.05) is 64.3 Å². The smallest absolute Gasteiger partial charge is 0.330 e. The summed E-state index contributed by atoms with van der Waals surface area (Å²) in [6, 6.07) is 7.11. The number of hydrogen-bond donors (Lipinski definition) is 2. The van der Waals surface area contributed by atoms with E-state index >= 15 is 0 Å². The van der Waals surface area contributed by atoms with Crippen molar-refractivity contribution in [2.24, 2.45) is 0 Å². The maximum absolute atomic E-state index is 13.2. The Bertz CT molecular complexity index is 1220. The van der Waals surface area contributed by atoms with E-state index < -0.39 is 29.2 Å². The van der Waals surface area contributed by atoms with Crippen LogP contribution in [-0.4, -0.2) is 39.9 Å². The lowest BCUT2D eigenvalue weighted by atomic mass is 10.0. The Hall–Kier alpha value is -3.69. The second-order valence-corrected chi connectivity index (χ2v) is 9.30. The number of ketones is 1. The quantitative estimate of drug-likeness (QED) is 0.204. The van der Waals surface area contributed by atoms with Crippen LogP contribution in [0.3, 0.4) is 0 Å². The highest BCUT2D eigenvalue weighted by molar-refractivity contribution is 6.00. The molecule has 0 bridgehead atoms. The van der Waals surface area contributed by atoms with Crippen molar-refractivity contribution in [3.8, 4) is 0 Å². The number of carbonyl (C=O) groups excluding carboxylic acids is 3. The molecule has 0 unspecified atom stereocenters. The second kappa shape index (κ2) is 14.9. The molecule has 2 aromatic rings. The predicted octanol–water partition coefficient (Wildman–Crippen LogP) is 3.60. The Morgan fingerprint density at radius 2 is 1.66 bits per heavy atom. The lowest BCUT2D eigenvalue weighted by Gasteiger charge is -2.24. The van der Waals surface area contributed by atoms with Gasteiger partial charge in [0, 0.05) is 25.1 Å². The zero-order chi connectivity index (χ0) is 28.2. The lowest BCUT2D eigenvalue weighted by Crippen LogP contribution is -2.41. The van der Waals surface area contributed by atoms with Gasteiger partial charge in [0.2, 0.25) is 11.7 Å². The van der Waals surface area contributed by atoms with Gasteiger partial charge in [-0.25, -0.2) is 4.79 Å². The number of esters is 1. The first-order valence-corrected chi connectivity index (χ1v) is 13.4. The highest BCUT2D eigenvalue weighted by atomic mass is 16.5. The summed E-state index contributed by atoms with van der Waals surface area (Å²) in [5, 5.41) is 0. The van der Waals surface area contributed by atoms with E-state index in [4.69, 9.17) is 10.5 Å². The Kier molecular flexibility index (Phi) is 12.0. The molecule has 1 heterocycles. The van der Waals surface area contributed by atoms with E-state index in [1.807, 2.05) is 32.9 Å². The summed E-state index contributed by atoms with van der Waals surface area (Å²) in [6.45, 7) is 8.00. The summed E-state index contributed by atoms with van der Waals surface area (Å²) in [5.74, 6) is -1.60. The maximum atomic E-state index is 13.2. The van der Waals surface area contributed by atoms with Gasteiger partial charge in [-0.15, -0.1) is 0 Å². The average molecular weight is 529 g/mol. The number of benzene rings is 1. The number of hydrogen-bond acceptors (Lipinski definition) is 7. The normalized spacial score (nSPS) is 11.7. The summed E-state index contributed by atoms with van der Waals surface area (Å²) < 4.78 is 6.55. The Labute approximate surface area is 223 Å². The molecule has 0 aliphatic carbocycles. The van der Waals surface area contributed by atoms with Gasteiger partial charge in [0.1, 0.15) is 5.82 Å². The van der Waals surface area contributed by atoms with E-state index in [0.717, 1.165) is 31.2 Å². The van der Waals surface area contributed by atoms with Crippen LogP contribution in [0.4, 0.5) is 11.5 Å². The van der Waals surface area contributed by atoms with Gasteiger partial charge in [0.15, 0.2) is 11.8 Å². The summed E-state index contributed by atoms with van der Waals surface area (Å²) in [5.41, 5.74) is 6.28. The van der Waals surface area contributed by atoms with E-state index in [0.29, 0.717) is 24.9 Å². The first-order chi connectivity index (χ1) is 18.1. The van der Waals surface area contributed by atoms with Crippen molar-refractivity contribution >= 4 is 29.2 Å². The van der Waals surface area contributed by atoms with Crippen molar-refractivity contribution in [1.82, 2.24) is 9.55 Å². The number of Topliss-reactive ketones (excluding diaryl/α,β-unsaturated/α-hetero) is 1. The minimum atomic E-state index is -1.01. The highest BCUT2D eigenvalue weighted by Crippen LogP contribution is 2.20. The van der Waals surface area contributed by atoms with Gasteiger partial charge in [-0.05, 0) is 31.7 Å². The van der Waals surface area contributed by atoms with Crippen molar-refractivity contribution in [2.75, 3.05) is 17.2 Å². The molecule has 0 aliphatic heterocycles. The fourth-order valence-electron chi connectivity index (χ4n) is 4.05. The number of H-pyrrole nitrogens is 1. The molecule has 208 valence electrons. The Morgan fingerprint density at radius 3 is 2.26 bits per heavy atom. The molecule has 0 saturated heterocycles. The third-order valence-electron chi connectivity index (χ3n) is 6.37. The third-order valence-corrected chi connectivity index (χ3v) is 6.37. The SMILES string of the molecule is CCCCCN(C(=O)CCC(=O)O[C@@H](C)C(=O)c1ccc(CC)cc1)c1c(N)n(CCCC)c(=O)[nH]c1=O. The van der Waals surface area contributed by atoms with Crippen molar-refractivity contribution in [1.29, 1.82) is 0 Å². The molecule has 0 fully saturated rings. The standard InChI is InChI=1S/C28H40N4O6/c1-5-8-10-18-31(24-26(29)32(17-9-6-2)28(37)30-27(24)36)22(33)15-16-23(34)38-19(4)25(35)21-13-11-20(7-3)12-14-21/h11-14,19H,5-10,15-18,29H2,1-4H3,(H,30,36,37)/t19-/m0/s1. The van der Waals surface area contributed by atoms with Gasteiger partial charge < -0.3 is 15.4 Å². The predicted molar refractivity (Wildman–Crippen MR) is 147 cm³/mol. The summed E-state index contributed by atoms with van der Waals surface area (Å²) in [7, 11) is 0.